The Labute approximate surface area is 116 Å². The molecule has 0 atom stereocenters. The maximum atomic E-state index is 12.1. The van der Waals surface area contributed by atoms with Crippen molar-refractivity contribution in [3.05, 3.63) is 16.1 Å². The summed E-state index contributed by atoms with van der Waals surface area (Å²) in [4.78, 5) is 31.0. The van der Waals surface area contributed by atoms with Crippen LogP contribution in [-0.4, -0.2) is 54.0 Å². The van der Waals surface area contributed by atoms with Gasteiger partial charge in [0, 0.05) is 25.5 Å². The lowest BCUT2D eigenvalue weighted by molar-refractivity contribution is 0.0594. The van der Waals surface area contributed by atoms with Gasteiger partial charge in [-0.1, -0.05) is 0 Å². The third-order valence-corrected chi connectivity index (χ3v) is 3.70. The van der Waals surface area contributed by atoms with Gasteiger partial charge in [0.1, 0.15) is 5.01 Å². The summed E-state index contributed by atoms with van der Waals surface area (Å²) in [5.41, 5.74) is 0.301. The van der Waals surface area contributed by atoms with Crippen LogP contribution < -0.4 is 0 Å². The highest BCUT2D eigenvalue weighted by Gasteiger charge is 2.34. The van der Waals surface area contributed by atoms with Crippen LogP contribution in [0.5, 0.6) is 0 Å². The van der Waals surface area contributed by atoms with E-state index in [1.54, 1.807) is 29.3 Å². The van der Waals surface area contributed by atoms with Crippen LogP contribution in [0.4, 0.5) is 4.79 Å². The van der Waals surface area contributed by atoms with Crippen molar-refractivity contribution in [2.45, 2.75) is 25.4 Å². The molecule has 1 aromatic heterocycles. The molecule has 0 aromatic carbocycles. The van der Waals surface area contributed by atoms with Crippen LogP contribution in [0.3, 0.4) is 0 Å². The summed E-state index contributed by atoms with van der Waals surface area (Å²) in [6.07, 6.45) is 2.07. The number of thiazole rings is 1. The molecular formula is C12H17N3O3S. The molecule has 1 saturated carbocycles. The summed E-state index contributed by atoms with van der Waals surface area (Å²) in [6.45, 7) is 0.448. The Morgan fingerprint density at radius 3 is 2.68 bits per heavy atom. The van der Waals surface area contributed by atoms with Crippen molar-refractivity contribution < 1.29 is 14.3 Å². The number of urea groups is 1. The fourth-order valence-corrected chi connectivity index (χ4v) is 2.48. The molecule has 2 amide bonds. The van der Waals surface area contributed by atoms with Crippen LogP contribution in [0.25, 0.3) is 0 Å². The van der Waals surface area contributed by atoms with E-state index in [2.05, 4.69) is 9.72 Å². The molecule has 0 bridgehead atoms. The van der Waals surface area contributed by atoms with E-state index < -0.39 is 5.97 Å². The average Bonchev–Trinajstić information content (AvgIpc) is 3.13. The van der Waals surface area contributed by atoms with Gasteiger partial charge in [0.2, 0.25) is 0 Å². The van der Waals surface area contributed by atoms with Crippen molar-refractivity contribution >= 4 is 23.3 Å². The van der Waals surface area contributed by atoms with Crippen molar-refractivity contribution in [1.29, 1.82) is 0 Å². The molecule has 0 aliphatic heterocycles. The molecule has 1 aromatic rings. The van der Waals surface area contributed by atoms with Crippen LogP contribution in [0.1, 0.15) is 28.3 Å². The third kappa shape index (κ3) is 3.23. The maximum Gasteiger partial charge on any atom is 0.357 e. The second kappa shape index (κ2) is 5.56. The van der Waals surface area contributed by atoms with Gasteiger partial charge < -0.3 is 14.5 Å². The molecule has 0 saturated heterocycles. The number of carbonyl (C=O) groups excluding carboxylic acids is 2. The highest BCUT2D eigenvalue weighted by Crippen LogP contribution is 2.29. The van der Waals surface area contributed by atoms with Crippen LogP contribution in [0, 0.1) is 0 Å². The first-order valence-electron chi connectivity index (χ1n) is 6.03. The van der Waals surface area contributed by atoms with Crippen molar-refractivity contribution in [2.75, 3.05) is 21.2 Å². The van der Waals surface area contributed by atoms with E-state index in [1.807, 2.05) is 0 Å². The van der Waals surface area contributed by atoms with E-state index in [0.717, 1.165) is 17.8 Å². The topological polar surface area (TPSA) is 62.7 Å². The molecule has 6 nitrogen and oxygen atoms in total. The minimum absolute atomic E-state index is 0.0164. The number of hydrogen-bond acceptors (Lipinski definition) is 5. The smallest absolute Gasteiger partial charge is 0.357 e. The van der Waals surface area contributed by atoms with Crippen molar-refractivity contribution in [3.8, 4) is 0 Å². The predicted octanol–water partition coefficient (Wildman–Crippen LogP) is 1.58. The Morgan fingerprint density at radius 1 is 1.47 bits per heavy atom. The number of nitrogens with zero attached hydrogens (tertiary/aromatic N) is 3. The van der Waals surface area contributed by atoms with E-state index in [0.29, 0.717) is 18.3 Å². The Morgan fingerprint density at radius 2 is 2.16 bits per heavy atom. The molecule has 1 aliphatic carbocycles. The Balaban J connectivity index is 2.07. The second-order valence-electron chi connectivity index (χ2n) is 4.65. The highest BCUT2D eigenvalue weighted by molar-refractivity contribution is 7.09. The van der Waals surface area contributed by atoms with E-state index in [1.165, 1.54) is 18.4 Å². The van der Waals surface area contributed by atoms with Gasteiger partial charge in [-0.2, -0.15) is 0 Å². The first-order chi connectivity index (χ1) is 9.02. The average molecular weight is 283 g/mol. The maximum absolute atomic E-state index is 12.1. The van der Waals surface area contributed by atoms with Gasteiger partial charge in [-0.05, 0) is 12.8 Å². The molecule has 7 heteroatoms. The molecule has 2 rings (SSSR count). The summed E-state index contributed by atoms with van der Waals surface area (Å²) in [5, 5.41) is 2.41. The lowest BCUT2D eigenvalue weighted by Gasteiger charge is -2.25. The summed E-state index contributed by atoms with van der Waals surface area (Å²) in [7, 11) is 4.80. The molecule has 0 N–H and O–H groups in total. The monoisotopic (exact) mass is 283 g/mol. The normalized spacial score (nSPS) is 14.1. The molecule has 1 fully saturated rings. The van der Waals surface area contributed by atoms with E-state index in [-0.39, 0.29) is 6.03 Å². The van der Waals surface area contributed by atoms with Crippen molar-refractivity contribution in [2.24, 2.45) is 0 Å². The molecule has 1 heterocycles. The van der Waals surface area contributed by atoms with Crippen LogP contribution in [0.2, 0.25) is 0 Å². The van der Waals surface area contributed by atoms with Gasteiger partial charge >= 0.3 is 12.0 Å². The summed E-state index contributed by atoms with van der Waals surface area (Å²) in [6, 6.07) is 0.290. The Hall–Kier alpha value is -1.63. The van der Waals surface area contributed by atoms with Gasteiger partial charge in [-0.3, -0.25) is 0 Å². The van der Waals surface area contributed by atoms with E-state index in [9.17, 15) is 9.59 Å². The Bertz CT molecular complexity index is 482. The number of amides is 2. The molecular weight excluding hydrogens is 266 g/mol. The van der Waals surface area contributed by atoms with Crippen LogP contribution >= 0.6 is 11.3 Å². The zero-order chi connectivity index (χ0) is 14.0. The first kappa shape index (κ1) is 13.8. The van der Waals surface area contributed by atoms with E-state index in [4.69, 9.17) is 0 Å². The number of rotatable bonds is 4. The van der Waals surface area contributed by atoms with Gasteiger partial charge in [0.15, 0.2) is 5.69 Å². The van der Waals surface area contributed by atoms with Crippen LogP contribution in [-0.2, 0) is 11.3 Å². The Kier molecular flexibility index (Phi) is 4.04. The summed E-state index contributed by atoms with van der Waals surface area (Å²) < 4.78 is 4.62. The molecule has 0 radical (unpaired) electrons. The first-order valence-corrected chi connectivity index (χ1v) is 6.91. The molecule has 0 unspecified atom stereocenters. The number of methoxy groups -OCH3 is 1. The number of carbonyl (C=O) groups is 2. The number of ether oxygens (including phenoxy) is 1. The molecule has 19 heavy (non-hydrogen) atoms. The van der Waals surface area contributed by atoms with Crippen LogP contribution in [0.15, 0.2) is 5.38 Å². The molecule has 104 valence electrons. The minimum Gasteiger partial charge on any atom is -0.464 e. The zero-order valence-electron chi connectivity index (χ0n) is 11.3. The zero-order valence-corrected chi connectivity index (χ0v) is 12.1. The summed E-state index contributed by atoms with van der Waals surface area (Å²) >= 11 is 1.37. The van der Waals surface area contributed by atoms with Gasteiger partial charge in [-0.15, -0.1) is 11.3 Å². The minimum atomic E-state index is -0.445. The lowest BCUT2D eigenvalue weighted by atomic mass is 10.4. The second-order valence-corrected chi connectivity index (χ2v) is 5.60. The number of esters is 1. The molecule has 1 aliphatic rings. The predicted molar refractivity (Wildman–Crippen MR) is 71.1 cm³/mol. The van der Waals surface area contributed by atoms with Gasteiger partial charge in [-0.25, -0.2) is 14.6 Å². The fourth-order valence-electron chi connectivity index (χ4n) is 1.72. The van der Waals surface area contributed by atoms with E-state index >= 15 is 0 Å². The SMILES string of the molecule is COC(=O)c1csc(CN(C(=O)N(C)C)C2CC2)n1. The lowest BCUT2D eigenvalue weighted by Crippen LogP contribution is -2.40. The summed E-state index contributed by atoms with van der Waals surface area (Å²) in [5.74, 6) is -0.445. The van der Waals surface area contributed by atoms with Gasteiger partial charge in [0.25, 0.3) is 0 Å². The standard InChI is InChI=1S/C12H17N3O3S/c1-14(2)12(17)15(8-4-5-8)6-10-13-9(7-19-10)11(16)18-3/h7-8H,4-6H2,1-3H3. The van der Waals surface area contributed by atoms with Crippen molar-refractivity contribution in [3.63, 3.8) is 0 Å². The quantitative estimate of drug-likeness (QED) is 0.787. The number of aromatic nitrogens is 1. The fraction of sp³-hybridized carbons (Fsp3) is 0.583. The number of hydrogen-bond donors (Lipinski definition) is 0. The van der Waals surface area contributed by atoms with Gasteiger partial charge in [0.05, 0.1) is 13.7 Å². The van der Waals surface area contributed by atoms with Crippen molar-refractivity contribution in [1.82, 2.24) is 14.8 Å². The largest absolute Gasteiger partial charge is 0.464 e. The highest BCUT2D eigenvalue weighted by atomic mass is 32.1. The molecule has 0 spiro atoms. The third-order valence-electron chi connectivity index (χ3n) is 2.87.